The first-order valence-corrected chi connectivity index (χ1v) is 5.11. The molecule has 1 aliphatic heterocycles. The van der Waals surface area contributed by atoms with E-state index >= 15 is 0 Å². The number of rotatable bonds is 1. The maximum Gasteiger partial charge on any atom is 0.323 e. The molecule has 0 aromatic rings. The number of carbonyl (C=O) groups is 1. The summed E-state index contributed by atoms with van der Waals surface area (Å²) in [5, 5.41) is 12.0. The first-order valence-electron chi connectivity index (χ1n) is 5.11. The lowest BCUT2D eigenvalue weighted by Crippen LogP contribution is -2.57. The van der Waals surface area contributed by atoms with Gasteiger partial charge >= 0.3 is 5.97 Å². The lowest BCUT2D eigenvalue weighted by Gasteiger charge is -2.37. The number of carboxylic acids is 1. The Morgan fingerprint density at radius 3 is 2.93 bits per heavy atom. The van der Waals surface area contributed by atoms with Gasteiger partial charge in [-0.25, -0.2) is 0 Å². The molecule has 3 unspecified atom stereocenters. The lowest BCUT2D eigenvalue weighted by atomic mass is 9.88. The van der Waals surface area contributed by atoms with E-state index in [0.29, 0.717) is 6.61 Å². The number of ether oxygens (including phenoxy) is 1. The molecule has 0 radical (unpaired) electrons. The highest BCUT2D eigenvalue weighted by Gasteiger charge is 2.47. The molecule has 4 nitrogen and oxygen atoms in total. The maximum absolute atomic E-state index is 10.8. The van der Waals surface area contributed by atoms with Gasteiger partial charge in [0.15, 0.2) is 0 Å². The summed E-state index contributed by atoms with van der Waals surface area (Å²) in [7, 11) is 0. The van der Waals surface area contributed by atoms with E-state index in [0.717, 1.165) is 12.8 Å². The molecule has 1 saturated carbocycles. The van der Waals surface area contributed by atoms with Crippen LogP contribution < -0.4 is 5.32 Å². The number of nitrogens with one attached hydrogen (secondary N) is 1. The van der Waals surface area contributed by atoms with Gasteiger partial charge in [-0.1, -0.05) is 13.8 Å². The molecule has 0 bridgehead atoms. The minimum absolute atomic E-state index is 0.179. The smallest absolute Gasteiger partial charge is 0.323 e. The van der Waals surface area contributed by atoms with Crippen molar-refractivity contribution >= 4 is 5.97 Å². The third-order valence-electron chi connectivity index (χ3n) is 3.39. The molecule has 2 N–H and O–H groups in total. The summed E-state index contributed by atoms with van der Waals surface area (Å²) in [5.74, 6) is -0.812. The van der Waals surface area contributed by atoms with Crippen LogP contribution in [0.3, 0.4) is 0 Å². The van der Waals surface area contributed by atoms with Crippen LogP contribution in [0.5, 0.6) is 0 Å². The quantitative estimate of drug-likeness (QED) is 0.650. The van der Waals surface area contributed by atoms with Gasteiger partial charge in [-0.3, -0.25) is 10.1 Å². The van der Waals surface area contributed by atoms with E-state index in [-0.39, 0.29) is 17.6 Å². The number of hydrogen-bond donors (Lipinski definition) is 2. The molecule has 2 fully saturated rings. The predicted octanol–water partition coefficient (Wildman–Crippen LogP) is 0.617. The van der Waals surface area contributed by atoms with E-state index < -0.39 is 12.0 Å². The van der Waals surface area contributed by atoms with Gasteiger partial charge in [-0.2, -0.15) is 0 Å². The monoisotopic (exact) mass is 199 g/mol. The van der Waals surface area contributed by atoms with Crippen molar-refractivity contribution in [3.05, 3.63) is 0 Å². The Morgan fingerprint density at radius 1 is 1.57 bits per heavy atom. The SMILES string of the molecule is CC1(C)CCC2NC(C(=O)O)COC21. The molecule has 80 valence electrons. The Labute approximate surface area is 83.6 Å². The number of aliphatic carboxylic acids is 1. The largest absolute Gasteiger partial charge is 0.480 e. The lowest BCUT2D eigenvalue weighted by molar-refractivity contribution is -0.147. The van der Waals surface area contributed by atoms with Crippen LogP contribution in [0, 0.1) is 5.41 Å². The zero-order valence-corrected chi connectivity index (χ0v) is 8.62. The number of fused-ring (bicyclic) bond motifs is 1. The van der Waals surface area contributed by atoms with Crippen LogP contribution in [0.25, 0.3) is 0 Å². The van der Waals surface area contributed by atoms with Crippen LogP contribution in [0.15, 0.2) is 0 Å². The molecule has 0 spiro atoms. The van der Waals surface area contributed by atoms with Gasteiger partial charge in [0, 0.05) is 6.04 Å². The molecule has 1 saturated heterocycles. The van der Waals surface area contributed by atoms with Crippen LogP contribution >= 0.6 is 0 Å². The van der Waals surface area contributed by atoms with Crippen molar-refractivity contribution < 1.29 is 14.6 Å². The molecular weight excluding hydrogens is 182 g/mol. The van der Waals surface area contributed by atoms with Gasteiger partial charge in [0.05, 0.1) is 12.7 Å². The molecule has 2 aliphatic rings. The summed E-state index contributed by atoms with van der Waals surface area (Å²) in [6, 6.07) is -0.301. The van der Waals surface area contributed by atoms with Crippen molar-refractivity contribution in [3.63, 3.8) is 0 Å². The molecule has 0 aromatic carbocycles. The van der Waals surface area contributed by atoms with Crippen LogP contribution in [-0.4, -0.2) is 35.9 Å². The van der Waals surface area contributed by atoms with E-state index in [1.54, 1.807) is 0 Å². The van der Waals surface area contributed by atoms with Crippen molar-refractivity contribution in [1.29, 1.82) is 0 Å². The third kappa shape index (κ3) is 1.53. The van der Waals surface area contributed by atoms with Gasteiger partial charge in [0.1, 0.15) is 6.04 Å². The summed E-state index contributed by atoms with van der Waals surface area (Å²) in [5.41, 5.74) is 0.182. The number of hydrogen-bond acceptors (Lipinski definition) is 3. The van der Waals surface area contributed by atoms with E-state index in [4.69, 9.17) is 9.84 Å². The number of carboxylic acid groups (broad SMARTS) is 1. The van der Waals surface area contributed by atoms with Crippen molar-refractivity contribution in [2.75, 3.05) is 6.61 Å². The van der Waals surface area contributed by atoms with Gasteiger partial charge < -0.3 is 9.84 Å². The first-order chi connectivity index (χ1) is 6.50. The van der Waals surface area contributed by atoms with Gasteiger partial charge in [0.25, 0.3) is 0 Å². The second-order valence-corrected chi connectivity index (χ2v) is 4.95. The van der Waals surface area contributed by atoms with Crippen LogP contribution in [0.1, 0.15) is 26.7 Å². The van der Waals surface area contributed by atoms with Gasteiger partial charge in [-0.05, 0) is 18.3 Å². The molecule has 2 rings (SSSR count). The molecular formula is C10H17NO3. The molecule has 1 aliphatic carbocycles. The molecule has 0 aromatic heterocycles. The summed E-state index contributed by atoms with van der Waals surface area (Å²) in [4.78, 5) is 10.8. The van der Waals surface area contributed by atoms with Crippen LogP contribution in [0.4, 0.5) is 0 Å². The molecule has 3 atom stereocenters. The van der Waals surface area contributed by atoms with Crippen molar-refractivity contribution in [2.45, 2.75) is 44.9 Å². The highest BCUT2D eigenvalue weighted by Crippen LogP contribution is 2.41. The summed E-state index contributed by atoms with van der Waals surface area (Å²) in [6.45, 7) is 4.65. The average molecular weight is 199 g/mol. The summed E-state index contributed by atoms with van der Waals surface area (Å²) < 4.78 is 5.65. The Kier molecular flexibility index (Phi) is 2.27. The Balaban J connectivity index is 2.05. The Bertz CT molecular complexity index is 252. The first kappa shape index (κ1) is 9.93. The zero-order chi connectivity index (χ0) is 10.3. The predicted molar refractivity (Wildman–Crippen MR) is 51.1 cm³/mol. The highest BCUT2D eigenvalue weighted by atomic mass is 16.5. The highest BCUT2D eigenvalue weighted by molar-refractivity contribution is 5.73. The maximum atomic E-state index is 10.8. The Hall–Kier alpha value is -0.610. The summed E-state index contributed by atoms with van der Waals surface area (Å²) >= 11 is 0. The minimum atomic E-state index is -0.812. The molecule has 0 amide bonds. The van der Waals surface area contributed by atoms with Crippen molar-refractivity contribution in [2.24, 2.45) is 5.41 Å². The second kappa shape index (κ2) is 3.21. The second-order valence-electron chi connectivity index (χ2n) is 4.95. The van der Waals surface area contributed by atoms with Crippen molar-refractivity contribution in [3.8, 4) is 0 Å². The minimum Gasteiger partial charge on any atom is -0.480 e. The fourth-order valence-corrected chi connectivity index (χ4v) is 2.53. The fourth-order valence-electron chi connectivity index (χ4n) is 2.53. The van der Waals surface area contributed by atoms with E-state index in [1.165, 1.54) is 0 Å². The average Bonchev–Trinajstić information content (AvgIpc) is 2.42. The van der Waals surface area contributed by atoms with E-state index in [1.807, 2.05) is 0 Å². The summed E-state index contributed by atoms with van der Waals surface area (Å²) in [6.07, 6.45) is 2.29. The van der Waals surface area contributed by atoms with Gasteiger partial charge in [0.2, 0.25) is 0 Å². The van der Waals surface area contributed by atoms with E-state index in [2.05, 4.69) is 19.2 Å². The normalized spacial score (nSPS) is 40.6. The molecule has 4 heteroatoms. The van der Waals surface area contributed by atoms with Gasteiger partial charge in [-0.15, -0.1) is 0 Å². The molecule has 1 heterocycles. The number of morpholine rings is 1. The van der Waals surface area contributed by atoms with Crippen LogP contribution in [-0.2, 0) is 9.53 Å². The van der Waals surface area contributed by atoms with Crippen molar-refractivity contribution in [1.82, 2.24) is 5.32 Å². The molecule has 14 heavy (non-hydrogen) atoms. The van der Waals surface area contributed by atoms with Crippen LogP contribution in [0.2, 0.25) is 0 Å². The zero-order valence-electron chi connectivity index (χ0n) is 8.62. The standard InChI is InChI=1S/C10H17NO3/c1-10(2)4-3-6-8(10)14-5-7(11-6)9(12)13/h6-8,11H,3-5H2,1-2H3,(H,12,13). The topological polar surface area (TPSA) is 58.6 Å². The third-order valence-corrected chi connectivity index (χ3v) is 3.39. The van der Waals surface area contributed by atoms with E-state index in [9.17, 15) is 4.79 Å². The fraction of sp³-hybridized carbons (Fsp3) is 0.900. The Morgan fingerprint density at radius 2 is 2.29 bits per heavy atom.